The number of rotatable bonds is 2. The Bertz CT molecular complexity index is 452. The number of anilines is 2. The maximum atomic E-state index is 12.7. The van der Waals surface area contributed by atoms with E-state index in [4.69, 9.17) is 17.3 Å². The molecule has 1 fully saturated rings. The average Bonchev–Trinajstić information content (AvgIpc) is 2.34. The van der Waals surface area contributed by atoms with Gasteiger partial charge in [-0.3, -0.25) is 0 Å². The van der Waals surface area contributed by atoms with Crippen molar-refractivity contribution in [2.75, 3.05) is 11.1 Å². The SMILES string of the molecule is Nc1c(Cl)ncnc1NC1CCCC(C(F)(F)F)C1. The Morgan fingerprint density at radius 2 is 2.05 bits per heavy atom. The topological polar surface area (TPSA) is 63.8 Å². The molecule has 1 aliphatic rings. The van der Waals surface area contributed by atoms with Crippen LogP contribution < -0.4 is 11.1 Å². The molecule has 8 heteroatoms. The molecular formula is C11H14ClF3N4. The third-order valence-electron chi connectivity index (χ3n) is 3.31. The predicted molar refractivity (Wildman–Crippen MR) is 66.9 cm³/mol. The van der Waals surface area contributed by atoms with Crippen LogP contribution in [0.2, 0.25) is 5.15 Å². The lowest BCUT2D eigenvalue weighted by Crippen LogP contribution is -2.35. The van der Waals surface area contributed by atoms with Crippen LogP contribution in [0.4, 0.5) is 24.7 Å². The molecule has 1 aromatic heterocycles. The van der Waals surface area contributed by atoms with Crippen LogP contribution in [0.5, 0.6) is 0 Å². The van der Waals surface area contributed by atoms with Gasteiger partial charge in [-0.15, -0.1) is 0 Å². The van der Waals surface area contributed by atoms with Gasteiger partial charge in [0, 0.05) is 6.04 Å². The number of nitrogens with one attached hydrogen (secondary N) is 1. The molecule has 0 bridgehead atoms. The van der Waals surface area contributed by atoms with Crippen LogP contribution in [0.3, 0.4) is 0 Å². The molecule has 4 nitrogen and oxygen atoms in total. The number of hydrogen-bond acceptors (Lipinski definition) is 4. The number of nitrogen functional groups attached to an aromatic ring is 1. The minimum Gasteiger partial charge on any atom is -0.393 e. The van der Waals surface area contributed by atoms with Gasteiger partial charge in [-0.1, -0.05) is 18.0 Å². The van der Waals surface area contributed by atoms with Crippen molar-refractivity contribution < 1.29 is 13.2 Å². The highest BCUT2D eigenvalue weighted by Gasteiger charge is 2.42. The highest BCUT2D eigenvalue weighted by Crippen LogP contribution is 2.38. The molecule has 106 valence electrons. The molecule has 0 radical (unpaired) electrons. The summed E-state index contributed by atoms with van der Waals surface area (Å²) in [5.41, 5.74) is 5.84. The number of halogens is 4. The van der Waals surface area contributed by atoms with Crippen LogP contribution >= 0.6 is 11.6 Å². The minimum absolute atomic E-state index is 0.0323. The third kappa shape index (κ3) is 3.40. The zero-order chi connectivity index (χ0) is 14.0. The highest BCUT2D eigenvalue weighted by molar-refractivity contribution is 6.32. The first-order valence-corrected chi connectivity index (χ1v) is 6.35. The summed E-state index contributed by atoms with van der Waals surface area (Å²) in [6.07, 6.45) is -1.51. The van der Waals surface area contributed by atoms with E-state index >= 15 is 0 Å². The fraction of sp³-hybridized carbons (Fsp3) is 0.636. The zero-order valence-electron chi connectivity index (χ0n) is 10.0. The number of alkyl halides is 3. The first-order valence-electron chi connectivity index (χ1n) is 5.97. The van der Waals surface area contributed by atoms with E-state index in [1.807, 2.05) is 0 Å². The Kier molecular flexibility index (Phi) is 4.03. The summed E-state index contributed by atoms with van der Waals surface area (Å²) in [5.74, 6) is -0.967. The molecule has 0 saturated heterocycles. The standard InChI is InChI=1S/C11H14ClF3N4/c12-9-8(16)10(18-5-17-9)19-7-3-1-2-6(4-7)11(13,14)15/h5-7H,1-4,16H2,(H,17,18,19). The molecule has 0 aliphatic heterocycles. The van der Waals surface area contributed by atoms with E-state index in [0.717, 1.165) is 0 Å². The summed E-state index contributed by atoms with van der Waals surface area (Å²) in [4.78, 5) is 7.60. The Morgan fingerprint density at radius 3 is 2.74 bits per heavy atom. The van der Waals surface area contributed by atoms with Gasteiger partial charge in [0.25, 0.3) is 0 Å². The van der Waals surface area contributed by atoms with E-state index in [1.165, 1.54) is 6.33 Å². The fourth-order valence-electron chi connectivity index (χ4n) is 2.30. The number of nitrogens with zero attached hydrogens (tertiary/aromatic N) is 2. The van der Waals surface area contributed by atoms with Gasteiger partial charge in [0.15, 0.2) is 11.0 Å². The van der Waals surface area contributed by atoms with Crippen LogP contribution in [0, 0.1) is 5.92 Å². The Morgan fingerprint density at radius 1 is 1.32 bits per heavy atom. The van der Waals surface area contributed by atoms with Crippen molar-refractivity contribution in [1.82, 2.24) is 9.97 Å². The predicted octanol–water partition coefficient (Wildman–Crippen LogP) is 3.25. The van der Waals surface area contributed by atoms with Crippen molar-refractivity contribution in [3.8, 4) is 0 Å². The first-order chi connectivity index (χ1) is 8.88. The maximum absolute atomic E-state index is 12.7. The van der Waals surface area contributed by atoms with Crippen LogP contribution in [0.15, 0.2) is 6.33 Å². The Hall–Kier alpha value is -1.24. The molecule has 0 amide bonds. The highest BCUT2D eigenvalue weighted by atomic mass is 35.5. The van der Waals surface area contributed by atoms with E-state index in [9.17, 15) is 13.2 Å². The van der Waals surface area contributed by atoms with Crippen molar-refractivity contribution in [3.05, 3.63) is 11.5 Å². The molecule has 0 spiro atoms. The summed E-state index contributed by atoms with van der Waals surface area (Å²) in [6, 6.07) is -0.298. The molecule has 1 saturated carbocycles. The molecule has 19 heavy (non-hydrogen) atoms. The van der Waals surface area contributed by atoms with Gasteiger partial charge in [-0.2, -0.15) is 13.2 Å². The van der Waals surface area contributed by atoms with Gasteiger partial charge in [-0.25, -0.2) is 9.97 Å². The third-order valence-corrected chi connectivity index (χ3v) is 3.61. The van der Waals surface area contributed by atoms with Crippen molar-refractivity contribution in [1.29, 1.82) is 0 Å². The smallest absolute Gasteiger partial charge is 0.391 e. The summed E-state index contributed by atoms with van der Waals surface area (Å²) in [5, 5.41) is 3.03. The monoisotopic (exact) mass is 294 g/mol. The van der Waals surface area contributed by atoms with Crippen molar-refractivity contribution in [2.45, 2.75) is 37.9 Å². The largest absolute Gasteiger partial charge is 0.393 e. The Balaban J connectivity index is 2.05. The molecule has 0 aromatic carbocycles. The maximum Gasteiger partial charge on any atom is 0.391 e. The second kappa shape index (κ2) is 5.40. The zero-order valence-corrected chi connectivity index (χ0v) is 10.8. The molecule has 1 aliphatic carbocycles. The molecular weight excluding hydrogens is 281 g/mol. The quantitative estimate of drug-likeness (QED) is 0.822. The molecule has 1 aromatic rings. The van der Waals surface area contributed by atoms with Gasteiger partial charge in [0.1, 0.15) is 12.0 Å². The van der Waals surface area contributed by atoms with Gasteiger partial charge in [0.2, 0.25) is 0 Å². The van der Waals surface area contributed by atoms with Gasteiger partial charge >= 0.3 is 6.18 Å². The van der Waals surface area contributed by atoms with Crippen LogP contribution in [0.1, 0.15) is 25.7 Å². The molecule has 3 N–H and O–H groups in total. The first kappa shape index (κ1) is 14.2. The summed E-state index contributed by atoms with van der Waals surface area (Å²) < 4.78 is 38.1. The lowest BCUT2D eigenvalue weighted by molar-refractivity contribution is -0.182. The van der Waals surface area contributed by atoms with Crippen molar-refractivity contribution >= 4 is 23.1 Å². The lowest BCUT2D eigenvalue weighted by atomic mass is 9.85. The summed E-state index contributed by atoms with van der Waals surface area (Å²) in [6.45, 7) is 0. The minimum atomic E-state index is -4.14. The van der Waals surface area contributed by atoms with E-state index in [2.05, 4.69) is 15.3 Å². The molecule has 2 unspecified atom stereocenters. The van der Waals surface area contributed by atoms with Gasteiger partial charge in [0.05, 0.1) is 5.92 Å². The summed E-state index contributed by atoms with van der Waals surface area (Å²) >= 11 is 5.74. The number of hydrogen-bond donors (Lipinski definition) is 2. The van der Waals surface area contributed by atoms with Crippen molar-refractivity contribution in [2.24, 2.45) is 5.92 Å². The molecule has 2 atom stereocenters. The molecule has 1 heterocycles. The van der Waals surface area contributed by atoms with E-state index in [-0.39, 0.29) is 29.7 Å². The number of aromatic nitrogens is 2. The van der Waals surface area contributed by atoms with Crippen LogP contribution in [0.25, 0.3) is 0 Å². The molecule has 2 rings (SSSR count). The van der Waals surface area contributed by atoms with Gasteiger partial charge < -0.3 is 11.1 Å². The second-order valence-corrected chi connectivity index (χ2v) is 5.03. The summed E-state index contributed by atoms with van der Waals surface area (Å²) in [7, 11) is 0. The van der Waals surface area contributed by atoms with E-state index in [0.29, 0.717) is 18.7 Å². The van der Waals surface area contributed by atoms with E-state index in [1.54, 1.807) is 0 Å². The normalized spacial score (nSPS) is 24.2. The number of nitrogens with two attached hydrogens (primary N) is 1. The van der Waals surface area contributed by atoms with Crippen molar-refractivity contribution in [3.63, 3.8) is 0 Å². The lowest BCUT2D eigenvalue weighted by Gasteiger charge is -2.31. The second-order valence-electron chi connectivity index (χ2n) is 4.67. The van der Waals surface area contributed by atoms with E-state index < -0.39 is 12.1 Å². The Labute approximate surface area is 113 Å². The average molecular weight is 295 g/mol. The fourth-order valence-corrected chi connectivity index (χ4v) is 2.43. The van der Waals surface area contributed by atoms with Crippen LogP contribution in [-0.4, -0.2) is 22.2 Å². The van der Waals surface area contributed by atoms with Gasteiger partial charge in [-0.05, 0) is 19.3 Å². The van der Waals surface area contributed by atoms with Crippen LogP contribution in [-0.2, 0) is 0 Å².